The van der Waals surface area contributed by atoms with Gasteiger partial charge in [0.05, 0.1) is 16.6 Å². The molecule has 0 aliphatic carbocycles. The predicted molar refractivity (Wildman–Crippen MR) is 103 cm³/mol. The smallest absolute Gasteiger partial charge is 0.243 e. The normalized spacial score (nSPS) is 17.2. The van der Waals surface area contributed by atoms with Crippen LogP contribution in [0, 0.1) is 11.7 Å². The minimum absolute atomic E-state index is 0.0344. The summed E-state index contributed by atoms with van der Waals surface area (Å²) in [5, 5.41) is 2.94. The number of hydrogen-bond acceptors (Lipinski definition) is 4. The number of amides is 1. The molecule has 1 aliphatic rings. The van der Waals surface area contributed by atoms with E-state index in [1.165, 1.54) is 22.5 Å². The Kier molecular flexibility index (Phi) is 6.41. The second-order valence-electron chi connectivity index (χ2n) is 7.05. The van der Waals surface area contributed by atoms with Gasteiger partial charge >= 0.3 is 0 Å². The van der Waals surface area contributed by atoms with E-state index in [1.807, 2.05) is 25.1 Å². The Morgan fingerprint density at radius 2 is 2.00 bits per heavy atom. The fraction of sp³-hybridized carbons (Fsp3) is 0.400. The van der Waals surface area contributed by atoms with E-state index in [0.29, 0.717) is 32.4 Å². The maximum atomic E-state index is 13.4. The van der Waals surface area contributed by atoms with E-state index in [4.69, 9.17) is 0 Å². The lowest BCUT2D eigenvalue weighted by Gasteiger charge is -2.31. The van der Waals surface area contributed by atoms with Gasteiger partial charge in [-0.2, -0.15) is 4.31 Å². The molecule has 1 aliphatic heterocycles. The van der Waals surface area contributed by atoms with Gasteiger partial charge in [-0.1, -0.05) is 12.1 Å². The monoisotopic (exact) mass is 405 g/mol. The van der Waals surface area contributed by atoms with Gasteiger partial charge in [-0.25, -0.2) is 12.8 Å². The van der Waals surface area contributed by atoms with Gasteiger partial charge in [-0.3, -0.25) is 9.78 Å². The Balaban J connectivity index is 1.52. The molecule has 3 rings (SSSR count). The van der Waals surface area contributed by atoms with E-state index in [2.05, 4.69) is 10.3 Å². The average Bonchev–Trinajstić information content (AvgIpc) is 2.69. The third kappa shape index (κ3) is 4.94. The Labute approximate surface area is 164 Å². The number of carbonyl (C=O) groups excluding carboxylic acids is 1. The highest BCUT2D eigenvalue weighted by Crippen LogP contribution is 2.26. The van der Waals surface area contributed by atoms with Gasteiger partial charge in [0.25, 0.3) is 0 Å². The molecule has 1 amide bonds. The Bertz CT molecular complexity index is 913. The molecule has 6 nitrogen and oxygen atoms in total. The Morgan fingerprint density at radius 3 is 2.64 bits per heavy atom. The molecular weight excluding hydrogens is 381 g/mol. The molecule has 8 heteroatoms. The second-order valence-corrected chi connectivity index (χ2v) is 8.99. The first-order chi connectivity index (χ1) is 13.4. The molecule has 0 spiro atoms. The molecule has 2 heterocycles. The number of nitrogens with one attached hydrogen (secondary N) is 1. The van der Waals surface area contributed by atoms with E-state index in [9.17, 15) is 17.6 Å². The first kappa shape index (κ1) is 20.4. The topological polar surface area (TPSA) is 79.4 Å². The van der Waals surface area contributed by atoms with Crippen LogP contribution in [0.3, 0.4) is 0 Å². The van der Waals surface area contributed by atoms with Crippen molar-refractivity contribution in [2.24, 2.45) is 5.92 Å². The SMILES string of the molecule is CC(NC(=O)CC1CCN(S(=O)(=O)c2cccc(F)c2)CC1)c1ccccn1. The molecule has 1 N–H and O–H groups in total. The van der Waals surface area contributed by atoms with Crippen LogP contribution in [0.2, 0.25) is 0 Å². The third-order valence-corrected chi connectivity index (χ3v) is 6.88. The zero-order valence-electron chi connectivity index (χ0n) is 15.7. The number of carbonyl (C=O) groups is 1. The molecule has 150 valence electrons. The van der Waals surface area contributed by atoms with Crippen LogP contribution in [-0.2, 0) is 14.8 Å². The number of aromatic nitrogens is 1. The van der Waals surface area contributed by atoms with Crippen LogP contribution < -0.4 is 5.32 Å². The van der Waals surface area contributed by atoms with Crippen LogP contribution in [0.25, 0.3) is 0 Å². The maximum Gasteiger partial charge on any atom is 0.243 e. The van der Waals surface area contributed by atoms with Crippen LogP contribution >= 0.6 is 0 Å². The lowest BCUT2D eigenvalue weighted by molar-refractivity contribution is -0.122. The van der Waals surface area contributed by atoms with E-state index >= 15 is 0 Å². The number of nitrogens with zero attached hydrogens (tertiary/aromatic N) is 2. The van der Waals surface area contributed by atoms with Gasteiger partial charge in [-0.05, 0) is 56.0 Å². The minimum Gasteiger partial charge on any atom is -0.348 e. The Hall–Kier alpha value is -2.32. The zero-order valence-corrected chi connectivity index (χ0v) is 16.5. The summed E-state index contributed by atoms with van der Waals surface area (Å²) in [6.07, 6.45) is 3.23. The second kappa shape index (κ2) is 8.79. The molecule has 1 fully saturated rings. The molecule has 2 aromatic rings. The van der Waals surface area contributed by atoms with Gasteiger partial charge < -0.3 is 5.32 Å². The van der Waals surface area contributed by atoms with Crippen molar-refractivity contribution in [3.8, 4) is 0 Å². The lowest BCUT2D eigenvalue weighted by Crippen LogP contribution is -2.39. The summed E-state index contributed by atoms with van der Waals surface area (Å²) in [7, 11) is -3.71. The van der Waals surface area contributed by atoms with Crippen molar-refractivity contribution in [3.63, 3.8) is 0 Å². The number of piperidine rings is 1. The van der Waals surface area contributed by atoms with Crippen LogP contribution in [0.5, 0.6) is 0 Å². The molecule has 28 heavy (non-hydrogen) atoms. The first-order valence-electron chi connectivity index (χ1n) is 9.32. The zero-order chi connectivity index (χ0) is 20.1. The van der Waals surface area contributed by atoms with Crippen molar-refractivity contribution in [2.45, 2.75) is 37.1 Å². The quantitative estimate of drug-likeness (QED) is 0.802. The number of pyridine rings is 1. The fourth-order valence-electron chi connectivity index (χ4n) is 3.40. The van der Waals surface area contributed by atoms with Gasteiger partial charge in [-0.15, -0.1) is 0 Å². The van der Waals surface area contributed by atoms with Crippen LogP contribution in [0.4, 0.5) is 4.39 Å². The van der Waals surface area contributed by atoms with Crippen molar-refractivity contribution in [1.82, 2.24) is 14.6 Å². The summed E-state index contributed by atoms with van der Waals surface area (Å²) in [4.78, 5) is 16.5. The number of halogens is 1. The Morgan fingerprint density at radius 1 is 1.25 bits per heavy atom. The van der Waals surface area contributed by atoms with Crippen molar-refractivity contribution in [2.75, 3.05) is 13.1 Å². The van der Waals surface area contributed by atoms with Crippen LogP contribution in [-0.4, -0.2) is 36.7 Å². The van der Waals surface area contributed by atoms with Gasteiger partial charge in [0, 0.05) is 25.7 Å². The summed E-state index contributed by atoms with van der Waals surface area (Å²) >= 11 is 0. The highest BCUT2D eigenvalue weighted by Gasteiger charge is 2.30. The predicted octanol–water partition coefficient (Wildman–Crippen LogP) is 2.89. The number of benzene rings is 1. The van der Waals surface area contributed by atoms with Crippen LogP contribution in [0.15, 0.2) is 53.6 Å². The van der Waals surface area contributed by atoms with E-state index in [0.717, 1.165) is 11.8 Å². The van der Waals surface area contributed by atoms with E-state index < -0.39 is 15.8 Å². The van der Waals surface area contributed by atoms with Crippen molar-refractivity contribution >= 4 is 15.9 Å². The minimum atomic E-state index is -3.71. The standard InChI is InChI=1S/C20H24FN3O3S/c1-15(19-7-2-3-10-22-19)23-20(25)13-16-8-11-24(12-9-16)28(26,27)18-6-4-5-17(21)14-18/h2-7,10,14-16H,8-9,11-13H2,1H3,(H,23,25). The van der Waals surface area contributed by atoms with E-state index in [-0.39, 0.29) is 22.8 Å². The molecule has 1 unspecified atom stereocenters. The van der Waals surface area contributed by atoms with Gasteiger partial charge in [0.15, 0.2) is 0 Å². The van der Waals surface area contributed by atoms with Crippen LogP contribution in [0.1, 0.15) is 37.9 Å². The lowest BCUT2D eigenvalue weighted by atomic mass is 9.94. The summed E-state index contributed by atoms with van der Waals surface area (Å²) in [5.74, 6) is -0.519. The van der Waals surface area contributed by atoms with Crippen molar-refractivity contribution < 1.29 is 17.6 Å². The molecule has 0 radical (unpaired) electrons. The number of rotatable bonds is 6. The molecule has 1 saturated heterocycles. The highest BCUT2D eigenvalue weighted by molar-refractivity contribution is 7.89. The fourth-order valence-corrected chi connectivity index (χ4v) is 4.90. The molecule has 1 aromatic heterocycles. The van der Waals surface area contributed by atoms with Crippen molar-refractivity contribution in [3.05, 3.63) is 60.2 Å². The van der Waals surface area contributed by atoms with Crippen molar-refractivity contribution in [1.29, 1.82) is 0 Å². The molecule has 0 bridgehead atoms. The number of hydrogen-bond donors (Lipinski definition) is 1. The molecule has 1 aromatic carbocycles. The maximum absolute atomic E-state index is 13.4. The highest BCUT2D eigenvalue weighted by atomic mass is 32.2. The first-order valence-corrected chi connectivity index (χ1v) is 10.8. The van der Waals surface area contributed by atoms with Gasteiger partial charge in [0.1, 0.15) is 5.82 Å². The van der Waals surface area contributed by atoms with Gasteiger partial charge in [0.2, 0.25) is 15.9 Å². The summed E-state index contributed by atoms with van der Waals surface area (Å²) in [6.45, 7) is 2.54. The largest absolute Gasteiger partial charge is 0.348 e. The molecule has 0 saturated carbocycles. The average molecular weight is 405 g/mol. The molecule has 1 atom stereocenters. The third-order valence-electron chi connectivity index (χ3n) is 4.99. The number of sulfonamides is 1. The molecular formula is C20H24FN3O3S. The summed E-state index contributed by atoms with van der Waals surface area (Å²) in [5.41, 5.74) is 0.798. The summed E-state index contributed by atoms with van der Waals surface area (Å²) in [6, 6.07) is 10.4. The van der Waals surface area contributed by atoms with E-state index in [1.54, 1.807) is 6.20 Å². The summed E-state index contributed by atoms with van der Waals surface area (Å²) < 4.78 is 40.0.